The molecular formula is C14H20N4O2. The van der Waals surface area contributed by atoms with E-state index in [0.717, 1.165) is 24.0 Å². The van der Waals surface area contributed by atoms with Crippen LogP contribution in [-0.4, -0.2) is 50.6 Å². The van der Waals surface area contributed by atoms with Gasteiger partial charge in [-0.15, -0.1) is 5.10 Å². The first kappa shape index (κ1) is 14.5. The van der Waals surface area contributed by atoms with Crippen LogP contribution in [0.5, 0.6) is 0 Å². The van der Waals surface area contributed by atoms with Crippen molar-refractivity contribution >= 4 is 17.0 Å². The van der Waals surface area contributed by atoms with Gasteiger partial charge in [-0.3, -0.25) is 0 Å². The minimum absolute atomic E-state index is 0.260. The van der Waals surface area contributed by atoms with Gasteiger partial charge in [0.1, 0.15) is 5.52 Å². The molecule has 0 spiro atoms. The Balaban J connectivity index is 2.18. The molecule has 0 aliphatic heterocycles. The summed E-state index contributed by atoms with van der Waals surface area (Å²) < 4.78 is 1.76. The number of likely N-dealkylation sites (N-methyl/N-ethyl adjacent to an activating group) is 1. The van der Waals surface area contributed by atoms with Crippen molar-refractivity contribution in [2.75, 3.05) is 13.6 Å². The van der Waals surface area contributed by atoms with Crippen molar-refractivity contribution in [3.05, 3.63) is 23.8 Å². The molecule has 6 heteroatoms. The molecule has 2 rings (SSSR count). The number of fused-ring (bicyclic) bond motifs is 1. The Morgan fingerprint density at radius 1 is 1.50 bits per heavy atom. The average Bonchev–Trinajstić information content (AvgIpc) is 2.85. The molecule has 0 aliphatic rings. The summed E-state index contributed by atoms with van der Waals surface area (Å²) in [5.74, 6) is -0.934. The molecule has 0 aliphatic carbocycles. The number of carboxylic acids is 1. The third-order valence-electron chi connectivity index (χ3n) is 3.77. The Hall–Kier alpha value is -1.95. The smallest absolute Gasteiger partial charge is 0.335 e. The summed E-state index contributed by atoms with van der Waals surface area (Å²) in [5, 5.41) is 17.2. The highest BCUT2D eigenvalue weighted by Crippen LogP contribution is 2.14. The third kappa shape index (κ3) is 2.96. The van der Waals surface area contributed by atoms with Crippen LogP contribution in [0.2, 0.25) is 0 Å². The van der Waals surface area contributed by atoms with Gasteiger partial charge in [-0.2, -0.15) is 0 Å². The normalized spacial score (nSPS) is 13.0. The lowest BCUT2D eigenvalue weighted by Gasteiger charge is -2.23. The summed E-state index contributed by atoms with van der Waals surface area (Å²) >= 11 is 0. The maximum absolute atomic E-state index is 11.0. The SMILES string of the molecule is CCC(C)N(C)CCn1nnc2ccc(C(=O)O)cc21. The average molecular weight is 276 g/mol. The van der Waals surface area contributed by atoms with Crippen LogP contribution in [0.3, 0.4) is 0 Å². The summed E-state index contributed by atoms with van der Waals surface area (Å²) in [4.78, 5) is 13.3. The first-order valence-electron chi connectivity index (χ1n) is 6.79. The molecule has 0 bridgehead atoms. The molecule has 0 saturated heterocycles. The lowest BCUT2D eigenvalue weighted by Crippen LogP contribution is -2.31. The number of hydrogen-bond acceptors (Lipinski definition) is 4. The standard InChI is InChI=1S/C14H20N4O2/c1-4-10(2)17(3)7-8-18-13-9-11(14(19)20)5-6-12(13)15-16-18/h5-6,9-10H,4,7-8H2,1-3H3,(H,19,20). The Bertz CT molecular complexity index is 608. The van der Waals surface area contributed by atoms with Crippen molar-refractivity contribution in [2.24, 2.45) is 0 Å². The molecule has 108 valence electrons. The number of aromatic nitrogens is 3. The fourth-order valence-electron chi connectivity index (χ4n) is 2.05. The Morgan fingerprint density at radius 3 is 2.90 bits per heavy atom. The summed E-state index contributed by atoms with van der Waals surface area (Å²) in [5.41, 5.74) is 1.75. The highest BCUT2D eigenvalue weighted by Gasteiger charge is 2.11. The molecule has 1 N–H and O–H groups in total. The fourth-order valence-corrected chi connectivity index (χ4v) is 2.05. The monoisotopic (exact) mass is 276 g/mol. The molecule has 1 unspecified atom stereocenters. The van der Waals surface area contributed by atoms with E-state index in [1.165, 1.54) is 0 Å². The molecule has 1 aromatic heterocycles. The van der Waals surface area contributed by atoms with Crippen molar-refractivity contribution < 1.29 is 9.90 Å². The van der Waals surface area contributed by atoms with Gasteiger partial charge in [0, 0.05) is 12.6 Å². The van der Waals surface area contributed by atoms with Crippen LogP contribution >= 0.6 is 0 Å². The number of carbonyl (C=O) groups is 1. The maximum Gasteiger partial charge on any atom is 0.335 e. The zero-order chi connectivity index (χ0) is 14.7. The van der Waals surface area contributed by atoms with Crippen LogP contribution in [-0.2, 0) is 6.54 Å². The van der Waals surface area contributed by atoms with Gasteiger partial charge in [0.15, 0.2) is 0 Å². The van der Waals surface area contributed by atoms with E-state index >= 15 is 0 Å². The van der Waals surface area contributed by atoms with E-state index in [-0.39, 0.29) is 5.56 Å². The van der Waals surface area contributed by atoms with Gasteiger partial charge in [-0.25, -0.2) is 9.48 Å². The quantitative estimate of drug-likeness (QED) is 0.872. The molecule has 0 saturated carbocycles. The second-order valence-electron chi connectivity index (χ2n) is 5.06. The van der Waals surface area contributed by atoms with Crippen LogP contribution in [0.25, 0.3) is 11.0 Å². The molecule has 1 aromatic carbocycles. The van der Waals surface area contributed by atoms with Gasteiger partial charge in [0.2, 0.25) is 0 Å². The van der Waals surface area contributed by atoms with Crippen LogP contribution in [0, 0.1) is 0 Å². The highest BCUT2D eigenvalue weighted by molar-refractivity contribution is 5.92. The lowest BCUT2D eigenvalue weighted by atomic mass is 10.2. The Kier molecular flexibility index (Phi) is 4.34. The number of rotatable bonds is 6. The molecule has 0 fully saturated rings. The highest BCUT2D eigenvalue weighted by atomic mass is 16.4. The van der Waals surface area contributed by atoms with Gasteiger partial charge < -0.3 is 10.0 Å². The Morgan fingerprint density at radius 2 is 2.25 bits per heavy atom. The topological polar surface area (TPSA) is 71.2 Å². The van der Waals surface area contributed by atoms with Crippen molar-refractivity contribution in [3.8, 4) is 0 Å². The van der Waals surface area contributed by atoms with E-state index in [4.69, 9.17) is 5.11 Å². The molecule has 1 heterocycles. The molecule has 2 aromatic rings. The van der Waals surface area contributed by atoms with E-state index in [0.29, 0.717) is 12.6 Å². The predicted octanol–water partition coefficient (Wildman–Crippen LogP) is 1.86. The molecule has 0 radical (unpaired) electrons. The van der Waals surface area contributed by atoms with E-state index in [1.807, 2.05) is 0 Å². The maximum atomic E-state index is 11.0. The zero-order valence-corrected chi connectivity index (χ0v) is 12.1. The number of aromatic carboxylic acids is 1. The minimum Gasteiger partial charge on any atom is -0.478 e. The minimum atomic E-state index is -0.934. The fraction of sp³-hybridized carbons (Fsp3) is 0.500. The van der Waals surface area contributed by atoms with Crippen molar-refractivity contribution in [2.45, 2.75) is 32.9 Å². The second-order valence-corrected chi connectivity index (χ2v) is 5.06. The summed E-state index contributed by atoms with van der Waals surface area (Å²) in [6.07, 6.45) is 1.10. The Labute approximate surface area is 118 Å². The van der Waals surface area contributed by atoms with Crippen LogP contribution in [0.15, 0.2) is 18.2 Å². The molecular weight excluding hydrogens is 256 g/mol. The summed E-state index contributed by atoms with van der Waals surface area (Å²) in [6.45, 7) is 5.89. The lowest BCUT2D eigenvalue weighted by molar-refractivity contribution is 0.0697. The van der Waals surface area contributed by atoms with Gasteiger partial charge in [0.05, 0.1) is 17.6 Å². The van der Waals surface area contributed by atoms with E-state index in [9.17, 15) is 4.79 Å². The van der Waals surface area contributed by atoms with Crippen molar-refractivity contribution in [3.63, 3.8) is 0 Å². The van der Waals surface area contributed by atoms with Gasteiger partial charge >= 0.3 is 5.97 Å². The molecule has 20 heavy (non-hydrogen) atoms. The second kappa shape index (κ2) is 6.00. The number of hydrogen-bond donors (Lipinski definition) is 1. The summed E-state index contributed by atoms with van der Waals surface area (Å²) in [7, 11) is 2.08. The first-order valence-corrected chi connectivity index (χ1v) is 6.79. The predicted molar refractivity (Wildman–Crippen MR) is 76.9 cm³/mol. The number of nitrogens with zero attached hydrogens (tertiary/aromatic N) is 4. The van der Waals surface area contributed by atoms with Crippen molar-refractivity contribution in [1.29, 1.82) is 0 Å². The first-order chi connectivity index (χ1) is 9.52. The van der Waals surface area contributed by atoms with Gasteiger partial charge in [-0.05, 0) is 38.6 Å². The van der Waals surface area contributed by atoms with E-state index in [1.54, 1.807) is 22.9 Å². The summed E-state index contributed by atoms with van der Waals surface area (Å²) in [6, 6.07) is 5.38. The van der Waals surface area contributed by atoms with Gasteiger partial charge in [0.25, 0.3) is 0 Å². The van der Waals surface area contributed by atoms with Crippen molar-refractivity contribution in [1.82, 2.24) is 19.9 Å². The van der Waals surface area contributed by atoms with Crippen LogP contribution in [0.1, 0.15) is 30.6 Å². The van der Waals surface area contributed by atoms with E-state index < -0.39 is 5.97 Å². The van der Waals surface area contributed by atoms with Crippen LogP contribution in [0.4, 0.5) is 0 Å². The number of benzene rings is 1. The number of carboxylic acid groups (broad SMARTS) is 1. The molecule has 0 amide bonds. The third-order valence-corrected chi connectivity index (χ3v) is 3.77. The van der Waals surface area contributed by atoms with Gasteiger partial charge in [-0.1, -0.05) is 12.1 Å². The largest absolute Gasteiger partial charge is 0.478 e. The zero-order valence-electron chi connectivity index (χ0n) is 12.1. The van der Waals surface area contributed by atoms with Crippen LogP contribution < -0.4 is 0 Å². The molecule has 1 atom stereocenters. The molecule has 6 nitrogen and oxygen atoms in total. The van der Waals surface area contributed by atoms with E-state index in [2.05, 4.69) is 36.1 Å².